The van der Waals surface area contributed by atoms with Crippen LogP contribution < -0.4 is 10.5 Å². The lowest BCUT2D eigenvalue weighted by atomic mass is 10.0. The zero-order valence-electron chi connectivity index (χ0n) is 9.22. The predicted octanol–water partition coefficient (Wildman–Crippen LogP) is 3.69. The van der Waals surface area contributed by atoms with Crippen LogP contribution in [0.4, 0.5) is 13.2 Å². The second kappa shape index (κ2) is 5.60. The number of ether oxygens (including phenoxy) is 1. The van der Waals surface area contributed by atoms with Gasteiger partial charge in [-0.25, -0.2) is 0 Å². The Morgan fingerprint density at radius 1 is 1.41 bits per heavy atom. The molecule has 1 aromatic carbocycles. The predicted molar refractivity (Wildman–Crippen MR) is 60.2 cm³/mol. The minimum absolute atomic E-state index is 0.194. The molecule has 0 saturated carbocycles. The van der Waals surface area contributed by atoms with Crippen molar-refractivity contribution < 1.29 is 17.9 Å². The highest BCUT2D eigenvalue weighted by atomic mass is 35.5. The highest BCUT2D eigenvalue weighted by Gasteiger charge is 2.28. The van der Waals surface area contributed by atoms with E-state index < -0.39 is 18.6 Å². The number of methoxy groups -OCH3 is 1. The monoisotopic (exact) mass is 267 g/mol. The summed E-state index contributed by atoms with van der Waals surface area (Å²) in [6.45, 7) is 0. The summed E-state index contributed by atoms with van der Waals surface area (Å²) < 4.78 is 41.3. The van der Waals surface area contributed by atoms with Crippen molar-refractivity contribution in [2.45, 2.75) is 25.1 Å². The largest absolute Gasteiger partial charge is 0.496 e. The zero-order chi connectivity index (χ0) is 13.1. The molecule has 96 valence electrons. The van der Waals surface area contributed by atoms with Crippen LogP contribution in [0.5, 0.6) is 5.75 Å². The maximum absolute atomic E-state index is 12.1. The molecule has 0 fully saturated rings. The molecule has 1 rings (SSSR count). The fourth-order valence-corrected chi connectivity index (χ4v) is 1.65. The van der Waals surface area contributed by atoms with E-state index in [4.69, 9.17) is 22.1 Å². The van der Waals surface area contributed by atoms with E-state index in [1.165, 1.54) is 13.2 Å². The van der Waals surface area contributed by atoms with Gasteiger partial charge in [0.05, 0.1) is 7.11 Å². The molecular formula is C11H13ClF3NO. The van der Waals surface area contributed by atoms with Gasteiger partial charge in [0.1, 0.15) is 5.75 Å². The Balaban J connectivity index is 2.80. The highest BCUT2D eigenvalue weighted by Crippen LogP contribution is 2.32. The van der Waals surface area contributed by atoms with E-state index in [1.807, 2.05) is 0 Å². The fourth-order valence-electron chi connectivity index (χ4n) is 1.47. The lowest BCUT2D eigenvalue weighted by molar-refractivity contribution is -0.136. The van der Waals surface area contributed by atoms with Crippen molar-refractivity contribution in [2.75, 3.05) is 7.11 Å². The van der Waals surface area contributed by atoms with Gasteiger partial charge in [-0.1, -0.05) is 11.6 Å². The maximum atomic E-state index is 12.1. The molecule has 17 heavy (non-hydrogen) atoms. The molecule has 0 heterocycles. The van der Waals surface area contributed by atoms with Gasteiger partial charge in [-0.05, 0) is 24.6 Å². The standard InChI is InChI=1S/C11H13ClF3NO/c1-17-10-3-2-7(12)6-8(10)9(16)4-5-11(13,14)15/h2-3,6,9H,4-5,16H2,1H3. The van der Waals surface area contributed by atoms with Gasteiger partial charge in [0, 0.05) is 23.0 Å². The Morgan fingerprint density at radius 2 is 2.06 bits per heavy atom. The van der Waals surface area contributed by atoms with Crippen molar-refractivity contribution in [1.82, 2.24) is 0 Å². The van der Waals surface area contributed by atoms with Crippen molar-refractivity contribution >= 4 is 11.6 Å². The van der Waals surface area contributed by atoms with Crippen LogP contribution in [0.25, 0.3) is 0 Å². The summed E-state index contributed by atoms with van der Waals surface area (Å²) >= 11 is 5.77. The third kappa shape index (κ3) is 4.44. The third-order valence-electron chi connectivity index (χ3n) is 2.33. The van der Waals surface area contributed by atoms with Gasteiger partial charge in [-0.15, -0.1) is 0 Å². The summed E-state index contributed by atoms with van der Waals surface area (Å²) in [5, 5.41) is 0.420. The van der Waals surface area contributed by atoms with E-state index in [2.05, 4.69) is 0 Å². The summed E-state index contributed by atoms with van der Waals surface area (Å²) in [5.74, 6) is 0.448. The normalized spacial score (nSPS) is 13.5. The number of halogens is 4. The van der Waals surface area contributed by atoms with Crippen molar-refractivity contribution in [2.24, 2.45) is 5.73 Å². The summed E-state index contributed by atoms with van der Waals surface area (Å²) in [6.07, 6.45) is -5.33. The molecule has 2 nitrogen and oxygen atoms in total. The second-order valence-electron chi connectivity index (χ2n) is 3.65. The SMILES string of the molecule is COc1ccc(Cl)cc1C(N)CCC(F)(F)F. The van der Waals surface area contributed by atoms with Crippen LogP contribution in [0.2, 0.25) is 5.02 Å². The Morgan fingerprint density at radius 3 is 2.59 bits per heavy atom. The topological polar surface area (TPSA) is 35.2 Å². The number of alkyl halides is 3. The minimum Gasteiger partial charge on any atom is -0.496 e. The Hall–Kier alpha value is -0.940. The van der Waals surface area contributed by atoms with Gasteiger partial charge >= 0.3 is 6.18 Å². The summed E-state index contributed by atoms with van der Waals surface area (Å²) in [6, 6.07) is 3.97. The molecular weight excluding hydrogens is 255 g/mol. The zero-order valence-corrected chi connectivity index (χ0v) is 9.98. The molecule has 0 saturated heterocycles. The first-order valence-electron chi connectivity index (χ1n) is 4.99. The number of benzene rings is 1. The smallest absolute Gasteiger partial charge is 0.389 e. The molecule has 1 unspecified atom stereocenters. The van der Waals surface area contributed by atoms with Crippen molar-refractivity contribution in [3.05, 3.63) is 28.8 Å². The summed E-state index contributed by atoms with van der Waals surface area (Å²) in [7, 11) is 1.43. The van der Waals surface area contributed by atoms with Crippen LogP contribution in [-0.4, -0.2) is 13.3 Å². The first kappa shape index (κ1) is 14.1. The van der Waals surface area contributed by atoms with Crippen LogP contribution in [0, 0.1) is 0 Å². The van der Waals surface area contributed by atoms with E-state index in [1.54, 1.807) is 12.1 Å². The first-order valence-corrected chi connectivity index (χ1v) is 5.37. The number of hydrogen-bond acceptors (Lipinski definition) is 2. The lowest BCUT2D eigenvalue weighted by Gasteiger charge is -2.16. The number of rotatable bonds is 4. The molecule has 0 spiro atoms. The van der Waals surface area contributed by atoms with E-state index in [0.717, 1.165) is 0 Å². The van der Waals surface area contributed by atoms with Gasteiger partial charge in [-0.3, -0.25) is 0 Å². The van der Waals surface area contributed by atoms with E-state index in [-0.39, 0.29) is 6.42 Å². The molecule has 0 aliphatic carbocycles. The van der Waals surface area contributed by atoms with Crippen molar-refractivity contribution in [3.8, 4) is 5.75 Å². The molecule has 1 aromatic rings. The second-order valence-corrected chi connectivity index (χ2v) is 4.08. The number of nitrogens with two attached hydrogens (primary N) is 1. The van der Waals surface area contributed by atoms with Gasteiger partial charge in [-0.2, -0.15) is 13.2 Å². The van der Waals surface area contributed by atoms with Gasteiger partial charge in [0.2, 0.25) is 0 Å². The first-order chi connectivity index (χ1) is 7.83. The summed E-state index contributed by atoms with van der Waals surface area (Å²) in [4.78, 5) is 0. The van der Waals surface area contributed by atoms with Gasteiger partial charge in [0.15, 0.2) is 0 Å². The van der Waals surface area contributed by atoms with Crippen LogP contribution in [0.3, 0.4) is 0 Å². The van der Waals surface area contributed by atoms with Gasteiger partial charge in [0.25, 0.3) is 0 Å². The molecule has 0 radical (unpaired) electrons. The Bertz CT molecular complexity index is 381. The lowest BCUT2D eigenvalue weighted by Crippen LogP contribution is -2.16. The maximum Gasteiger partial charge on any atom is 0.389 e. The van der Waals surface area contributed by atoms with Gasteiger partial charge < -0.3 is 10.5 Å². The number of hydrogen-bond donors (Lipinski definition) is 1. The van der Waals surface area contributed by atoms with Crippen LogP contribution >= 0.6 is 11.6 Å². The third-order valence-corrected chi connectivity index (χ3v) is 2.57. The van der Waals surface area contributed by atoms with E-state index in [9.17, 15) is 13.2 Å². The highest BCUT2D eigenvalue weighted by molar-refractivity contribution is 6.30. The van der Waals surface area contributed by atoms with E-state index in [0.29, 0.717) is 16.3 Å². The van der Waals surface area contributed by atoms with Crippen LogP contribution in [0.1, 0.15) is 24.4 Å². The molecule has 1 atom stereocenters. The van der Waals surface area contributed by atoms with E-state index >= 15 is 0 Å². The van der Waals surface area contributed by atoms with Crippen molar-refractivity contribution in [1.29, 1.82) is 0 Å². The summed E-state index contributed by atoms with van der Waals surface area (Å²) in [5.41, 5.74) is 6.20. The Kier molecular flexibility index (Phi) is 4.65. The Labute approximate surface area is 103 Å². The molecule has 0 amide bonds. The molecule has 0 bridgehead atoms. The van der Waals surface area contributed by atoms with Crippen molar-refractivity contribution in [3.63, 3.8) is 0 Å². The molecule has 0 aromatic heterocycles. The average Bonchev–Trinajstić information content (AvgIpc) is 2.25. The van der Waals surface area contributed by atoms with Crippen LogP contribution in [-0.2, 0) is 0 Å². The fraction of sp³-hybridized carbons (Fsp3) is 0.455. The van der Waals surface area contributed by atoms with Crippen LogP contribution in [0.15, 0.2) is 18.2 Å². The molecule has 6 heteroatoms. The average molecular weight is 268 g/mol. The minimum atomic E-state index is -4.20. The quantitative estimate of drug-likeness (QED) is 0.903. The molecule has 0 aliphatic heterocycles. The molecule has 2 N–H and O–H groups in total. The molecule has 0 aliphatic rings.